The van der Waals surface area contributed by atoms with E-state index in [1.165, 1.54) is 24.4 Å². The van der Waals surface area contributed by atoms with Gasteiger partial charge in [0.2, 0.25) is 0 Å². The average molecular weight is 343 g/mol. The van der Waals surface area contributed by atoms with Gasteiger partial charge >= 0.3 is 12.1 Å². The highest BCUT2D eigenvalue weighted by Crippen LogP contribution is 2.37. The van der Waals surface area contributed by atoms with Gasteiger partial charge in [-0.1, -0.05) is 36.4 Å². The molecule has 3 rings (SSSR count). The van der Waals surface area contributed by atoms with Crippen molar-refractivity contribution >= 4 is 5.97 Å². The van der Waals surface area contributed by atoms with E-state index in [-0.39, 0.29) is 11.3 Å². The van der Waals surface area contributed by atoms with E-state index in [2.05, 4.69) is 4.98 Å². The van der Waals surface area contributed by atoms with E-state index < -0.39 is 17.7 Å². The molecule has 0 saturated heterocycles. The number of halogens is 3. The lowest BCUT2D eigenvalue weighted by Gasteiger charge is -2.13. The van der Waals surface area contributed by atoms with E-state index in [1.54, 1.807) is 36.4 Å². The van der Waals surface area contributed by atoms with Crippen molar-refractivity contribution in [3.63, 3.8) is 0 Å². The molecule has 0 fully saturated rings. The van der Waals surface area contributed by atoms with Gasteiger partial charge < -0.3 is 5.11 Å². The summed E-state index contributed by atoms with van der Waals surface area (Å²) in [6, 6.07) is 14.9. The Morgan fingerprint density at radius 2 is 1.56 bits per heavy atom. The Morgan fingerprint density at radius 3 is 2.28 bits per heavy atom. The minimum Gasteiger partial charge on any atom is -0.477 e. The predicted molar refractivity (Wildman–Crippen MR) is 87.1 cm³/mol. The maximum atomic E-state index is 13.2. The SMILES string of the molecule is O=C(O)c1cc(-c2cccc(-c3ccccc3C(F)(F)F)c2)ccn1. The quantitative estimate of drug-likeness (QED) is 0.717. The van der Waals surface area contributed by atoms with Crippen molar-refractivity contribution in [1.82, 2.24) is 4.98 Å². The van der Waals surface area contributed by atoms with Crippen molar-refractivity contribution in [2.45, 2.75) is 6.18 Å². The van der Waals surface area contributed by atoms with Gasteiger partial charge in [0.05, 0.1) is 5.56 Å². The molecule has 1 N–H and O–H groups in total. The molecular formula is C19H12F3NO2. The number of hydrogen-bond acceptors (Lipinski definition) is 2. The van der Waals surface area contributed by atoms with Crippen LogP contribution in [0.4, 0.5) is 13.2 Å². The van der Waals surface area contributed by atoms with Crippen LogP contribution in [0.5, 0.6) is 0 Å². The summed E-state index contributed by atoms with van der Waals surface area (Å²) < 4.78 is 39.7. The molecule has 0 aliphatic carbocycles. The summed E-state index contributed by atoms with van der Waals surface area (Å²) in [5.41, 5.74) is 0.813. The van der Waals surface area contributed by atoms with Crippen LogP contribution in [0.15, 0.2) is 66.9 Å². The molecule has 1 aromatic heterocycles. The Kier molecular flexibility index (Phi) is 4.27. The smallest absolute Gasteiger partial charge is 0.417 e. The highest BCUT2D eigenvalue weighted by Gasteiger charge is 2.33. The van der Waals surface area contributed by atoms with Gasteiger partial charge in [0.15, 0.2) is 0 Å². The van der Waals surface area contributed by atoms with Gasteiger partial charge in [-0.3, -0.25) is 0 Å². The zero-order valence-electron chi connectivity index (χ0n) is 12.8. The number of alkyl halides is 3. The Bertz CT molecular complexity index is 936. The van der Waals surface area contributed by atoms with Crippen molar-refractivity contribution in [2.24, 2.45) is 0 Å². The number of benzene rings is 2. The van der Waals surface area contributed by atoms with Gasteiger partial charge in [-0.2, -0.15) is 13.2 Å². The number of carboxylic acid groups (broad SMARTS) is 1. The average Bonchev–Trinajstić information content (AvgIpc) is 2.61. The lowest BCUT2D eigenvalue weighted by atomic mass is 9.96. The topological polar surface area (TPSA) is 50.2 Å². The maximum Gasteiger partial charge on any atom is 0.417 e. The summed E-state index contributed by atoms with van der Waals surface area (Å²) in [5, 5.41) is 9.03. The second kappa shape index (κ2) is 6.39. The van der Waals surface area contributed by atoms with E-state index in [4.69, 9.17) is 5.11 Å². The third-order valence-corrected chi connectivity index (χ3v) is 3.72. The summed E-state index contributed by atoms with van der Waals surface area (Å²) >= 11 is 0. The van der Waals surface area contributed by atoms with Crippen molar-refractivity contribution in [3.8, 4) is 22.3 Å². The number of pyridine rings is 1. The molecule has 0 aliphatic rings. The molecule has 25 heavy (non-hydrogen) atoms. The molecule has 2 aromatic carbocycles. The number of carboxylic acids is 1. The van der Waals surface area contributed by atoms with Gasteiger partial charge in [-0.15, -0.1) is 0 Å². The first-order valence-electron chi connectivity index (χ1n) is 7.32. The molecule has 0 amide bonds. The number of carbonyl (C=O) groups is 1. The van der Waals surface area contributed by atoms with E-state index in [9.17, 15) is 18.0 Å². The number of aromatic nitrogens is 1. The van der Waals surface area contributed by atoms with Crippen molar-refractivity contribution in [3.05, 3.63) is 78.1 Å². The zero-order valence-corrected chi connectivity index (χ0v) is 12.8. The Labute approximate surface area is 141 Å². The van der Waals surface area contributed by atoms with Gasteiger partial charge in [0.1, 0.15) is 5.69 Å². The van der Waals surface area contributed by atoms with E-state index in [0.29, 0.717) is 16.7 Å². The molecule has 3 aromatic rings. The first kappa shape index (κ1) is 16.7. The van der Waals surface area contributed by atoms with Crippen molar-refractivity contribution < 1.29 is 23.1 Å². The summed E-state index contributed by atoms with van der Waals surface area (Å²) in [6.07, 6.45) is -3.10. The monoisotopic (exact) mass is 343 g/mol. The third kappa shape index (κ3) is 3.52. The molecule has 0 unspecified atom stereocenters. The Balaban J connectivity index is 2.10. The van der Waals surface area contributed by atoms with Crippen LogP contribution in [-0.4, -0.2) is 16.1 Å². The van der Waals surface area contributed by atoms with E-state index in [0.717, 1.165) is 6.07 Å². The lowest BCUT2D eigenvalue weighted by molar-refractivity contribution is -0.137. The van der Waals surface area contributed by atoms with E-state index in [1.807, 2.05) is 0 Å². The number of nitrogens with zero attached hydrogens (tertiary/aromatic N) is 1. The first-order valence-corrected chi connectivity index (χ1v) is 7.32. The maximum absolute atomic E-state index is 13.2. The molecule has 0 bridgehead atoms. The van der Waals surface area contributed by atoms with Crippen LogP contribution >= 0.6 is 0 Å². The van der Waals surface area contributed by atoms with Crippen LogP contribution in [0.2, 0.25) is 0 Å². The highest BCUT2D eigenvalue weighted by molar-refractivity contribution is 5.87. The summed E-state index contributed by atoms with van der Waals surface area (Å²) in [6.45, 7) is 0. The fourth-order valence-corrected chi connectivity index (χ4v) is 2.58. The largest absolute Gasteiger partial charge is 0.477 e. The molecule has 0 radical (unpaired) electrons. The zero-order chi connectivity index (χ0) is 18.0. The van der Waals surface area contributed by atoms with Gasteiger partial charge in [-0.05, 0) is 46.5 Å². The minimum absolute atomic E-state index is 0.0735. The van der Waals surface area contributed by atoms with Crippen LogP contribution in [0, 0.1) is 0 Å². The molecule has 0 atom stereocenters. The number of aromatic carboxylic acids is 1. The van der Waals surface area contributed by atoms with Gasteiger partial charge in [0, 0.05) is 6.20 Å². The first-order chi connectivity index (χ1) is 11.9. The number of rotatable bonds is 3. The molecule has 126 valence electrons. The van der Waals surface area contributed by atoms with Crippen LogP contribution in [0.25, 0.3) is 22.3 Å². The van der Waals surface area contributed by atoms with Crippen LogP contribution in [-0.2, 0) is 6.18 Å². The Hall–Kier alpha value is -3.15. The lowest BCUT2D eigenvalue weighted by Crippen LogP contribution is -2.06. The second-order valence-electron chi connectivity index (χ2n) is 5.36. The summed E-state index contributed by atoms with van der Waals surface area (Å²) in [5.74, 6) is -1.17. The standard InChI is InChI=1S/C19H12F3NO2/c20-19(21,22)16-7-2-1-6-15(16)14-5-3-4-12(10-14)13-8-9-23-17(11-13)18(24)25/h1-11H,(H,24,25). The van der Waals surface area contributed by atoms with Gasteiger partial charge in [-0.25, -0.2) is 9.78 Å². The minimum atomic E-state index is -4.46. The fraction of sp³-hybridized carbons (Fsp3) is 0.0526. The molecular weight excluding hydrogens is 331 g/mol. The molecule has 6 heteroatoms. The highest BCUT2D eigenvalue weighted by atomic mass is 19.4. The summed E-state index contributed by atoms with van der Waals surface area (Å²) in [7, 11) is 0. The molecule has 0 spiro atoms. The van der Waals surface area contributed by atoms with Gasteiger partial charge in [0.25, 0.3) is 0 Å². The normalized spacial score (nSPS) is 11.3. The molecule has 1 heterocycles. The fourth-order valence-electron chi connectivity index (χ4n) is 2.58. The van der Waals surface area contributed by atoms with Crippen LogP contribution in [0.3, 0.4) is 0 Å². The third-order valence-electron chi connectivity index (χ3n) is 3.72. The van der Waals surface area contributed by atoms with Crippen molar-refractivity contribution in [2.75, 3.05) is 0 Å². The van der Waals surface area contributed by atoms with Crippen molar-refractivity contribution in [1.29, 1.82) is 0 Å². The van der Waals surface area contributed by atoms with Crippen LogP contribution in [0.1, 0.15) is 16.1 Å². The van der Waals surface area contributed by atoms with Crippen LogP contribution < -0.4 is 0 Å². The number of hydrogen-bond donors (Lipinski definition) is 1. The molecule has 3 nitrogen and oxygen atoms in total. The van der Waals surface area contributed by atoms with E-state index >= 15 is 0 Å². The Morgan fingerprint density at radius 1 is 0.880 bits per heavy atom. The second-order valence-corrected chi connectivity index (χ2v) is 5.36. The predicted octanol–water partition coefficient (Wildman–Crippen LogP) is 5.13. The molecule has 0 aliphatic heterocycles. The molecule has 0 saturated carbocycles. The summed E-state index contributed by atoms with van der Waals surface area (Å²) in [4.78, 5) is 14.8.